The third-order valence-corrected chi connectivity index (χ3v) is 1.59. The van der Waals surface area contributed by atoms with Crippen molar-refractivity contribution >= 4 is 0 Å². The Bertz CT molecular complexity index is 308. The predicted molar refractivity (Wildman–Crippen MR) is 56.5 cm³/mol. The molecule has 1 aromatic rings. The van der Waals surface area contributed by atoms with E-state index in [4.69, 9.17) is 5.11 Å². The standard InChI is InChI=1S/C6H6NO2.C5H5.Fe/c8-6(7-9)5-3-1-2-4-5;1-2-4-5-3-1;/h1-4,7-8H;1-5H;/q2*-1;+2. The normalized spacial score (nSPS) is 11.4. The van der Waals surface area contributed by atoms with Crippen LogP contribution in [-0.4, -0.2) is 5.11 Å². The van der Waals surface area contributed by atoms with E-state index >= 15 is 0 Å². The molecule has 80 valence electrons. The first kappa shape index (κ1) is 13.6. The first-order valence-corrected chi connectivity index (χ1v) is 4.17. The molecule has 0 saturated carbocycles. The van der Waals surface area contributed by atoms with Gasteiger partial charge in [-0.25, -0.2) is 12.1 Å². The molecule has 0 fully saturated rings. The van der Waals surface area contributed by atoms with Gasteiger partial charge in [0.05, 0.1) is 0 Å². The Balaban J connectivity index is 0.000000280. The molecule has 0 heterocycles. The summed E-state index contributed by atoms with van der Waals surface area (Å²) in [5.74, 6) is -0.333. The Morgan fingerprint density at radius 2 is 1.73 bits per heavy atom. The van der Waals surface area contributed by atoms with Crippen molar-refractivity contribution in [3.05, 3.63) is 71.3 Å². The minimum absolute atomic E-state index is 0. The van der Waals surface area contributed by atoms with Crippen molar-refractivity contribution in [1.82, 2.24) is 5.48 Å². The van der Waals surface area contributed by atoms with Crippen LogP contribution in [0, 0.1) is 5.21 Å². The molecular weight excluding hydrogens is 234 g/mol. The molecule has 0 radical (unpaired) electrons. The Kier molecular flexibility index (Phi) is 7.28. The van der Waals surface area contributed by atoms with Crippen LogP contribution in [0.3, 0.4) is 0 Å². The molecule has 0 unspecified atom stereocenters. The van der Waals surface area contributed by atoms with E-state index in [-0.39, 0.29) is 23.0 Å². The molecule has 2 N–H and O–H groups in total. The second-order valence-corrected chi connectivity index (χ2v) is 2.59. The fourth-order valence-electron chi connectivity index (χ4n) is 0.912. The second-order valence-electron chi connectivity index (χ2n) is 2.59. The van der Waals surface area contributed by atoms with Gasteiger partial charge in [0.25, 0.3) is 0 Å². The molecule has 1 aliphatic carbocycles. The van der Waals surface area contributed by atoms with Gasteiger partial charge in [-0.3, -0.25) is 0 Å². The topological polar surface area (TPSA) is 55.3 Å². The fourth-order valence-corrected chi connectivity index (χ4v) is 0.912. The van der Waals surface area contributed by atoms with Crippen LogP contribution in [0.1, 0.15) is 0 Å². The smallest absolute Gasteiger partial charge is 0.759 e. The largest absolute Gasteiger partial charge is 2.00 e. The van der Waals surface area contributed by atoms with Crippen molar-refractivity contribution in [2.45, 2.75) is 0 Å². The molecule has 15 heavy (non-hydrogen) atoms. The molecule has 0 spiro atoms. The van der Waals surface area contributed by atoms with Gasteiger partial charge in [0.15, 0.2) is 5.88 Å². The van der Waals surface area contributed by atoms with Crippen LogP contribution in [0.25, 0.3) is 0 Å². The van der Waals surface area contributed by atoms with Crippen molar-refractivity contribution in [3.63, 3.8) is 0 Å². The Morgan fingerprint density at radius 3 is 2.07 bits per heavy atom. The second kappa shape index (κ2) is 8.00. The average Bonchev–Trinajstić information content (AvgIpc) is 2.91. The molecular formula is C11H11FeNO2. The van der Waals surface area contributed by atoms with E-state index in [2.05, 4.69) is 0 Å². The van der Waals surface area contributed by atoms with Crippen LogP contribution in [-0.2, 0) is 17.1 Å². The van der Waals surface area contributed by atoms with E-state index < -0.39 is 0 Å². The van der Waals surface area contributed by atoms with Gasteiger partial charge in [-0.15, -0.1) is 0 Å². The predicted octanol–water partition coefficient (Wildman–Crippen LogP) is 2.37. The SMILES string of the molecule is [Fe+2].[O-]NC(O)=C1C=CC=C1.c1cc[cH-]c1. The van der Waals surface area contributed by atoms with E-state index in [9.17, 15) is 5.21 Å². The van der Waals surface area contributed by atoms with Crippen LogP contribution in [0.2, 0.25) is 0 Å². The van der Waals surface area contributed by atoms with Gasteiger partial charge in [-0.05, 0) is 12.2 Å². The minimum Gasteiger partial charge on any atom is -0.759 e. The molecule has 3 nitrogen and oxygen atoms in total. The fraction of sp³-hybridized carbons (Fsp3) is 0. The van der Waals surface area contributed by atoms with Crippen molar-refractivity contribution in [3.8, 4) is 0 Å². The number of aliphatic hydroxyl groups is 1. The van der Waals surface area contributed by atoms with Gasteiger partial charge >= 0.3 is 17.1 Å². The average molecular weight is 245 g/mol. The maximum atomic E-state index is 9.79. The summed E-state index contributed by atoms with van der Waals surface area (Å²) in [5.41, 5.74) is 1.91. The number of allylic oxidation sites excluding steroid dienone is 5. The molecule has 1 aromatic carbocycles. The van der Waals surface area contributed by atoms with Crippen LogP contribution >= 0.6 is 0 Å². The van der Waals surface area contributed by atoms with Crippen LogP contribution in [0.4, 0.5) is 0 Å². The summed E-state index contributed by atoms with van der Waals surface area (Å²) < 4.78 is 0. The molecule has 0 aromatic heterocycles. The maximum absolute atomic E-state index is 9.79. The molecule has 0 amide bonds. The third kappa shape index (κ3) is 5.18. The summed E-state index contributed by atoms with van der Waals surface area (Å²) in [5, 5.41) is 18.5. The van der Waals surface area contributed by atoms with Gasteiger partial charge in [0.1, 0.15) is 0 Å². The van der Waals surface area contributed by atoms with Crippen molar-refractivity contribution in [1.29, 1.82) is 0 Å². The number of nitrogens with one attached hydrogen (secondary N) is 1. The molecule has 0 saturated heterocycles. The van der Waals surface area contributed by atoms with E-state index in [0.717, 1.165) is 0 Å². The molecule has 0 bridgehead atoms. The number of hydroxylamine groups is 1. The zero-order chi connectivity index (χ0) is 10.2. The van der Waals surface area contributed by atoms with Gasteiger partial charge in [-0.2, -0.15) is 18.2 Å². The summed E-state index contributed by atoms with van der Waals surface area (Å²) in [4.78, 5) is 0. The first-order chi connectivity index (χ1) is 6.84. The van der Waals surface area contributed by atoms with Crippen LogP contribution < -0.4 is 5.48 Å². The Morgan fingerprint density at radius 1 is 1.20 bits per heavy atom. The van der Waals surface area contributed by atoms with E-state index in [1.165, 1.54) is 5.48 Å². The van der Waals surface area contributed by atoms with E-state index in [1.54, 1.807) is 24.3 Å². The number of rotatable bonds is 1. The van der Waals surface area contributed by atoms with Gasteiger partial charge < -0.3 is 15.8 Å². The van der Waals surface area contributed by atoms with Gasteiger partial charge in [0.2, 0.25) is 0 Å². The quantitative estimate of drug-likeness (QED) is 0.345. The van der Waals surface area contributed by atoms with E-state index in [0.29, 0.717) is 5.57 Å². The third-order valence-electron chi connectivity index (χ3n) is 1.59. The van der Waals surface area contributed by atoms with Crippen molar-refractivity contribution in [2.24, 2.45) is 0 Å². The maximum Gasteiger partial charge on any atom is 2.00 e. The number of hydrogen-bond donors (Lipinski definition) is 2. The van der Waals surface area contributed by atoms with Crippen LogP contribution in [0.5, 0.6) is 0 Å². The monoisotopic (exact) mass is 245 g/mol. The molecule has 1 aliphatic rings. The van der Waals surface area contributed by atoms with Crippen molar-refractivity contribution in [2.75, 3.05) is 0 Å². The first-order valence-electron chi connectivity index (χ1n) is 4.17. The summed E-state index contributed by atoms with van der Waals surface area (Å²) in [6, 6.07) is 10.0. The molecule has 0 aliphatic heterocycles. The summed E-state index contributed by atoms with van der Waals surface area (Å²) in [6.07, 6.45) is 6.76. The summed E-state index contributed by atoms with van der Waals surface area (Å²) in [6.45, 7) is 0. The zero-order valence-corrected chi connectivity index (χ0v) is 9.01. The van der Waals surface area contributed by atoms with Crippen LogP contribution in [0.15, 0.2) is 66.1 Å². The molecule has 2 rings (SSSR count). The molecule has 0 atom stereocenters. The Hall–Kier alpha value is -1.35. The number of hydrogen-bond acceptors (Lipinski definition) is 3. The Labute approximate surface area is 99.2 Å². The minimum atomic E-state index is -0.333. The van der Waals surface area contributed by atoms with Crippen molar-refractivity contribution < 1.29 is 22.2 Å². The number of aliphatic hydroxyl groups excluding tert-OH is 1. The van der Waals surface area contributed by atoms with E-state index in [1.807, 2.05) is 30.3 Å². The summed E-state index contributed by atoms with van der Waals surface area (Å²) >= 11 is 0. The summed E-state index contributed by atoms with van der Waals surface area (Å²) in [7, 11) is 0. The van der Waals surface area contributed by atoms with Gasteiger partial charge in [-0.1, -0.05) is 12.2 Å². The zero-order valence-electron chi connectivity index (χ0n) is 7.91. The van der Waals surface area contributed by atoms with Gasteiger partial charge in [0, 0.05) is 5.57 Å². The molecule has 4 heteroatoms.